The summed E-state index contributed by atoms with van der Waals surface area (Å²) in [6.45, 7) is 9.88. The summed E-state index contributed by atoms with van der Waals surface area (Å²) in [5.74, 6) is 0. The van der Waals surface area contributed by atoms with Gasteiger partial charge in [-0.25, -0.2) is 0 Å². The van der Waals surface area contributed by atoms with Crippen LogP contribution in [-0.2, 0) is 18.9 Å². The Balaban J connectivity index is 4.75. The van der Waals surface area contributed by atoms with Gasteiger partial charge in [0.15, 0.2) is 0 Å². The van der Waals surface area contributed by atoms with Gasteiger partial charge in [0.1, 0.15) is 13.2 Å². The molecule has 0 radical (unpaired) electrons. The minimum absolute atomic E-state index is 0.0256. The van der Waals surface area contributed by atoms with E-state index >= 15 is 0 Å². The summed E-state index contributed by atoms with van der Waals surface area (Å²) in [6, 6.07) is 0. The monoisotopic (exact) mass is 332 g/mol. The van der Waals surface area contributed by atoms with Crippen molar-refractivity contribution in [2.24, 2.45) is 10.8 Å². The van der Waals surface area contributed by atoms with E-state index in [1.807, 2.05) is 0 Å². The van der Waals surface area contributed by atoms with Gasteiger partial charge in [0, 0.05) is 0 Å². The molecule has 0 atom stereocenters. The van der Waals surface area contributed by atoms with Crippen molar-refractivity contribution in [1.82, 2.24) is 0 Å². The third-order valence-electron chi connectivity index (χ3n) is 3.34. The van der Waals surface area contributed by atoms with Crippen molar-refractivity contribution in [1.29, 1.82) is 0 Å². The summed E-state index contributed by atoms with van der Waals surface area (Å²) in [7, 11) is 0. The summed E-state index contributed by atoms with van der Waals surface area (Å²) in [6.07, 6.45) is 3.76. The van der Waals surface area contributed by atoms with E-state index in [-0.39, 0.29) is 52.9 Å². The topological polar surface area (TPSA) is 97.6 Å². The van der Waals surface area contributed by atoms with Crippen LogP contribution in [-0.4, -0.2) is 68.2 Å². The largest absolute Gasteiger partial charge is 0.501 e. The van der Waals surface area contributed by atoms with Crippen molar-refractivity contribution in [2.75, 3.05) is 52.9 Å². The van der Waals surface area contributed by atoms with E-state index in [4.69, 9.17) is 18.9 Å². The lowest BCUT2D eigenvalue weighted by molar-refractivity contribution is -0.106. The van der Waals surface area contributed by atoms with Gasteiger partial charge in [-0.2, -0.15) is 0 Å². The van der Waals surface area contributed by atoms with Crippen LogP contribution in [0.5, 0.6) is 0 Å². The zero-order valence-electron chi connectivity index (χ0n) is 13.5. The van der Waals surface area contributed by atoms with Crippen molar-refractivity contribution in [3.8, 4) is 0 Å². The molecule has 0 aliphatic carbocycles. The van der Waals surface area contributed by atoms with E-state index in [1.165, 1.54) is 18.8 Å². The summed E-state index contributed by atoms with van der Waals surface area (Å²) in [5, 5.41) is 28.7. The molecule has 0 aromatic carbocycles. The van der Waals surface area contributed by atoms with Gasteiger partial charge in [0.25, 0.3) is 0 Å². The van der Waals surface area contributed by atoms with Crippen molar-refractivity contribution < 1.29 is 34.3 Å². The molecule has 0 aliphatic heterocycles. The quantitative estimate of drug-likeness (QED) is 0.353. The molecule has 0 heterocycles. The Labute approximate surface area is 137 Å². The van der Waals surface area contributed by atoms with Crippen LogP contribution in [0.1, 0.15) is 0 Å². The van der Waals surface area contributed by atoms with Crippen LogP contribution < -0.4 is 0 Å². The highest BCUT2D eigenvalue weighted by Gasteiger charge is 2.35. The smallest absolute Gasteiger partial charge is 0.101 e. The fourth-order valence-corrected chi connectivity index (χ4v) is 1.73. The number of hydrogen-bond acceptors (Lipinski definition) is 7. The molecule has 0 aliphatic rings. The molecule has 0 saturated carbocycles. The number of ether oxygens (including phenoxy) is 4. The lowest BCUT2D eigenvalue weighted by atomic mass is 9.90. The van der Waals surface area contributed by atoms with Crippen LogP contribution in [0.3, 0.4) is 0 Å². The second-order valence-electron chi connectivity index (χ2n) is 5.40. The van der Waals surface area contributed by atoms with Crippen LogP contribution in [0.2, 0.25) is 0 Å². The van der Waals surface area contributed by atoms with E-state index in [0.717, 1.165) is 0 Å². The first-order chi connectivity index (χ1) is 11.1. The van der Waals surface area contributed by atoms with Crippen molar-refractivity contribution in [3.63, 3.8) is 0 Å². The van der Waals surface area contributed by atoms with E-state index in [9.17, 15) is 15.3 Å². The van der Waals surface area contributed by atoms with Gasteiger partial charge in [0.2, 0.25) is 0 Å². The van der Waals surface area contributed by atoms with Crippen LogP contribution in [0.25, 0.3) is 0 Å². The second kappa shape index (κ2) is 12.0. The Morgan fingerprint density at radius 1 is 0.609 bits per heavy atom. The second-order valence-corrected chi connectivity index (χ2v) is 5.40. The fraction of sp³-hybridized carbons (Fsp3) is 0.625. The molecule has 3 N–H and O–H groups in total. The van der Waals surface area contributed by atoms with Gasteiger partial charge < -0.3 is 34.3 Å². The summed E-state index contributed by atoms with van der Waals surface area (Å²) in [5.41, 5.74) is -1.79. The maximum Gasteiger partial charge on any atom is 0.101 e. The van der Waals surface area contributed by atoms with E-state index < -0.39 is 10.8 Å². The first kappa shape index (κ1) is 21.5. The average Bonchev–Trinajstić information content (AvgIpc) is 2.60. The predicted molar refractivity (Wildman–Crippen MR) is 85.4 cm³/mol. The van der Waals surface area contributed by atoms with Crippen molar-refractivity contribution in [2.45, 2.75) is 0 Å². The van der Waals surface area contributed by atoms with Gasteiger partial charge in [-0.1, -0.05) is 19.7 Å². The van der Waals surface area contributed by atoms with Gasteiger partial charge in [-0.3, -0.25) is 0 Å². The maximum atomic E-state index is 9.67. The number of rotatable bonds is 16. The lowest BCUT2D eigenvalue weighted by Crippen LogP contribution is -2.44. The highest BCUT2D eigenvalue weighted by molar-refractivity contribution is 4.83. The third-order valence-corrected chi connectivity index (χ3v) is 3.34. The van der Waals surface area contributed by atoms with Crippen molar-refractivity contribution >= 4 is 0 Å². The van der Waals surface area contributed by atoms with Crippen LogP contribution in [0, 0.1) is 10.8 Å². The Kier molecular flexibility index (Phi) is 11.2. The maximum absolute atomic E-state index is 9.67. The van der Waals surface area contributed by atoms with Gasteiger partial charge in [-0.05, 0) is 0 Å². The molecule has 7 heteroatoms. The molecule has 0 bridgehead atoms. The Hall–Kier alpha value is -1.54. The number of hydrogen-bond donors (Lipinski definition) is 3. The highest BCUT2D eigenvalue weighted by atomic mass is 16.5. The zero-order valence-corrected chi connectivity index (χ0v) is 13.5. The van der Waals surface area contributed by atoms with Crippen LogP contribution >= 0.6 is 0 Å². The summed E-state index contributed by atoms with van der Waals surface area (Å²) >= 11 is 0. The van der Waals surface area contributed by atoms with Crippen LogP contribution in [0.4, 0.5) is 0 Å². The Morgan fingerprint density at radius 3 is 1.30 bits per heavy atom. The molecule has 0 unspecified atom stereocenters. The molecular weight excluding hydrogens is 304 g/mol. The standard InChI is InChI=1S/C16H28O7/c1-4-20-10-15(7-17,8-18)11-23-14-16(9-19,12-21-5-2)13-22-6-3/h4-6,17-19H,1-3,7-14H2. The SMILES string of the molecule is C=COCC(CO)(CO)COCC(CO)(COC=C)COC=C. The molecule has 0 aromatic heterocycles. The Morgan fingerprint density at radius 2 is 0.957 bits per heavy atom. The highest BCUT2D eigenvalue weighted by Crippen LogP contribution is 2.23. The molecule has 0 spiro atoms. The van der Waals surface area contributed by atoms with E-state index in [1.54, 1.807) is 0 Å². The molecule has 0 saturated heterocycles. The fourth-order valence-electron chi connectivity index (χ4n) is 1.73. The molecule has 0 amide bonds. The lowest BCUT2D eigenvalue weighted by Gasteiger charge is -2.33. The Bertz CT molecular complexity index is 327. The normalized spacial score (nSPS) is 11.6. The van der Waals surface area contributed by atoms with Gasteiger partial charge in [0.05, 0.1) is 69.3 Å². The molecule has 134 valence electrons. The number of aliphatic hydroxyl groups excluding tert-OH is 3. The molecule has 0 aromatic rings. The minimum Gasteiger partial charge on any atom is -0.501 e. The molecular formula is C16H28O7. The number of aliphatic hydroxyl groups is 3. The van der Waals surface area contributed by atoms with Gasteiger partial charge in [-0.15, -0.1) is 0 Å². The first-order valence-electron chi connectivity index (χ1n) is 7.15. The van der Waals surface area contributed by atoms with E-state index in [2.05, 4.69) is 19.7 Å². The zero-order chi connectivity index (χ0) is 17.6. The molecule has 23 heavy (non-hydrogen) atoms. The van der Waals surface area contributed by atoms with Gasteiger partial charge >= 0.3 is 0 Å². The minimum atomic E-state index is -0.964. The summed E-state index contributed by atoms with van der Waals surface area (Å²) in [4.78, 5) is 0. The van der Waals surface area contributed by atoms with E-state index in [0.29, 0.717) is 0 Å². The molecule has 0 rings (SSSR count). The average molecular weight is 332 g/mol. The molecule has 7 nitrogen and oxygen atoms in total. The molecule has 0 fully saturated rings. The third kappa shape index (κ3) is 7.51. The summed E-state index contributed by atoms with van der Waals surface area (Å²) < 4.78 is 21.0. The predicted octanol–water partition coefficient (Wildman–Crippen LogP) is 0.433. The van der Waals surface area contributed by atoms with Crippen molar-refractivity contribution in [3.05, 3.63) is 38.5 Å². The van der Waals surface area contributed by atoms with Crippen LogP contribution in [0.15, 0.2) is 38.5 Å². The first-order valence-corrected chi connectivity index (χ1v) is 7.15.